The summed E-state index contributed by atoms with van der Waals surface area (Å²) in [7, 11) is 3.54. The third-order valence-electron chi connectivity index (χ3n) is 6.10. The molecular formula is C21H37IN6O. The minimum Gasteiger partial charge on any atom is -0.353 e. The molecule has 7 nitrogen and oxygen atoms in total. The second kappa shape index (κ2) is 11.8. The van der Waals surface area contributed by atoms with E-state index in [0.29, 0.717) is 30.5 Å². The molecule has 1 heterocycles. The number of aliphatic imine (C=N–C) groups is 1. The van der Waals surface area contributed by atoms with Crippen LogP contribution in [0.15, 0.2) is 17.3 Å². The van der Waals surface area contributed by atoms with Gasteiger partial charge < -0.3 is 15.5 Å². The molecule has 1 aromatic heterocycles. The lowest BCUT2D eigenvalue weighted by Gasteiger charge is -2.31. The summed E-state index contributed by atoms with van der Waals surface area (Å²) >= 11 is 0. The monoisotopic (exact) mass is 516 g/mol. The SMILES string of the molecule is CC1CCCCC1NC(=NCc1ccn(C2CCCC2)n1)NCC(=O)N(C)C.I. The molecule has 0 aromatic carbocycles. The Kier molecular flexibility index (Phi) is 9.71. The first-order chi connectivity index (χ1) is 13.5. The van der Waals surface area contributed by atoms with Gasteiger partial charge in [-0.25, -0.2) is 4.99 Å². The van der Waals surface area contributed by atoms with Gasteiger partial charge in [0.2, 0.25) is 5.91 Å². The summed E-state index contributed by atoms with van der Waals surface area (Å²) in [4.78, 5) is 18.3. The van der Waals surface area contributed by atoms with Crippen molar-refractivity contribution < 1.29 is 4.79 Å². The van der Waals surface area contributed by atoms with E-state index in [1.807, 2.05) is 0 Å². The van der Waals surface area contributed by atoms with Gasteiger partial charge in [-0.05, 0) is 37.7 Å². The highest BCUT2D eigenvalue weighted by Crippen LogP contribution is 2.28. The normalized spacial score (nSPS) is 22.8. The van der Waals surface area contributed by atoms with Crippen molar-refractivity contribution in [3.63, 3.8) is 0 Å². The van der Waals surface area contributed by atoms with E-state index in [0.717, 1.165) is 12.1 Å². The average Bonchev–Trinajstić information content (AvgIpc) is 3.36. The molecule has 2 atom stereocenters. The van der Waals surface area contributed by atoms with Crippen molar-refractivity contribution in [1.82, 2.24) is 25.3 Å². The number of nitrogens with zero attached hydrogens (tertiary/aromatic N) is 4. The Morgan fingerprint density at radius 3 is 2.59 bits per heavy atom. The molecule has 1 aromatic rings. The summed E-state index contributed by atoms with van der Waals surface area (Å²) in [6, 6.07) is 3.02. The van der Waals surface area contributed by atoms with Crippen LogP contribution in [-0.2, 0) is 11.3 Å². The second-order valence-electron chi connectivity index (χ2n) is 8.54. The van der Waals surface area contributed by atoms with Crippen molar-refractivity contribution in [3.05, 3.63) is 18.0 Å². The van der Waals surface area contributed by atoms with Crippen LogP contribution in [0.2, 0.25) is 0 Å². The topological polar surface area (TPSA) is 74.5 Å². The number of hydrogen-bond donors (Lipinski definition) is 2. The number of nitrogens with one attached hydrogen (secondary N) is 2. The maximum Gasteiger partial charge on any atom is 0.241 e. The van der Waals surface area contributed by atoms with Gasteiger partial charge in [-0.2, -0.15) is 5.10 Å². The highest BCUT2D eigenvalue weighted by molar-refractivity contribution is 14.0. The number of guanidine groups is 1. The lowest BCUT2D eigenvalue weighted by molar-refractivity contribution is -0.127. The molecular weight excluding hydrogens is 479 g/mol. The zero-order valence-corrected chi connectivity index (χ0v) is 20.4. The van der Waals surface area contributed by atoms with E-state index in [9.17, 15) is 4.79 Å². The first-order valence-corrected chi connectivity index (χ1v) is 10.8. The number of amides is 1. The van der Waals surface area contributed by atoms with Crippen molar-refractivity contribution in [2.45, 2.75) is 76.9 Å². The minimum absolute atomic E-state index is 0. The van der Waals surface area contributed by atoms with Crippen LogP contribution in [0.25, 0.3) is 0 Å². The zero-order chi connectivity index (χ0) is 19.9. The van der Waals surface area contributed by atoms with Gasteiger partial charge in [-0.1, -0.05) is 32.6 Å². The Morgan fingerprint density at radius 1 is 1.21 bits per heavy atom. The highest BCUT2D eigenvalue weighted by Gasteiger charge is 2.22. The van der Waals surface area contributed by atoms with Gasteiger partial charge in [0, 0.05) is 26.3 Å². The smallest absolute Gasteiger partial charge is 0.241 e. The van der Waals surface area contributed by atoms with Crippen molar-refractivity contribution in [3.8, 4) is 0 Å². The van der Waals surface area contributed by atoms with Crippen LogP contribution in [0.3, 0.4) is 0 Å². The summed E-state index contributed by atoms with van der Waals surface area (Å²) in [5, 5.41) is 11.5. The molecule has 2 aliphatic rings. The average molecular weight is 516 g/mol. The summed E-state index contributed by atoms with van der Waals surface area (Å²) in [6.45, 7) is 3.06. The van der Waals surface area contributed by atoms with Crippen LogP contribution in [0.1, 0.15) is 70.0 Å². The maximum atomic E-state index is 12.0. The van der Waals surface area contributed by atoms with E-state index < -0.39 is 0 Å². The quantitative estimate of drug-likeness (QED) is 0.346. The molecule has 3 rings (SSSR count). The largest absolute Gasteiger partial charge is 0.353 e. The molecule has 1 amide bonds. The standard InChI is InChI=1S/C21H36N6O.HI/c1-16-8-4-7-11-19(16)24-21(23-15-20(28)26(2)3)22-14-17-12-13-27(25-17)18-9-5-6-10-18;/h12-13,16,18-19H,4-11,14-15H2,1-3H3,(H2,22,23,24);1H. The predicted molar refractivity (Wildman–Crippen MR) is 128 cm³/mol. The maximum absolute atomic E-state index is 12.0. The number of carbonyl (C=O) groups is 1. The van der Waals surface area contributed by atoms with Gasteiger partial charge in [0.05, 0.1) is 24.8 Å². The molecule has 0 bridgehead atoms. The van der Waals surface area contributed by atoms with E-state index in [2.05, 4.69) is 34.5 Å². The lowest BCUT2D eigenvalue weighted by atomic mass is 9.86. The fraction of sp³-hybridized carbons (Fsp3) is 0.762. The second-order valence-corrected chi connectivity index (χ2v) is 8.54. The molecule has 0 saturated heterocycles. The molecule has 0 spiro atoms. The van der Waals surface area contributed by atoms with Gasteiger partial charge in [0.1, 0.15) is 0 Å². The Labute approximate surface area is 192 Å². The summed E-state index contributed by atoms with van der Waals surface area (Å²) < 4.78 is 2.11. The first-order valence-electron chi connectivity index (χ1n) is 10.8. The third kappa shape index (κ3) is 7.15. The Balaban J connectivity index is 0.00000300. The number of hydrogen-bond acceptors (Lipinski definition) is 3. The van der Waals surface area contributed by atoms with Crippen molar-refractivity contribution >= 4 is 35.8 Å². The Bertz CT molecular complexity index is 668. The fourth-order valence-corrected chi connectivity index (χ4v) is 4.17. The number of halogens is 1. The molecule has 2 saturated carbocycles. The van der Waals surface area contributed by atoms with E-state index in [1.54, 1.807) is 19.0 Å². The number of carbonyl (C=O) groups excluding carboxylic acids is 1. The van der Waals surface area contributed by atoms with E-state index in [1.165, 1.54) is 44.9 Å². The molecule has 2 fully saturated rings. The predicted octanol–water partition coefficient (Wildman–Crippen LogP) is 3.32. The molecule has 0 radical (unpaired) electrons. The Morgan fingerprint density at radius 2 is 1.90 bits per heavy atom. The first kappa shape index (κ1) is 24.0. The van der Waals surface area contributed by atoms with Gasteiger partial charge in [0.15, 0.2) is 5.96 Å². The summed E-state index contributed by atoms with van der Waals surface area (Å²) in [5.74, 6) is 1.37. The van der Waals surface area contributed by atoms with Crippen LogP contribution in [0.4, 0.5) is 0 Å². The molecule has 2 unspecified atom stereocenters. The van der Waals surface area contributed by atoms with Crippen LogP contribution in [0, 0.1) is 5.92 Å². The number of likely N-dealkylation sites (N-methyl/N-ethyl adjacent to an activating group) is 1. The van der Waals surface area contributed by atoms with E-state index >= 15 is 0 Å². The van der Waals surface area contributed by atoms with Crippen LogP contribution >= 0.6 is 24.0 Å². The molecule has 2 aliphatic carbocycles. The van der Waals surface area contributed by atoms with E-state index in [-0.39, 0.29) is 36.4 Å². The minimum atomic E-state index is 0. The molecule has 8 heteroatoms. The van der Waals surface area contributed by atoms with Gasteiger partial charge in [-0.15, -0.1) is 24.0 Å². The van der Waals surface area contributed by atoms with E-state index in [4.69, 9.17) is 10.1 Å². The van der Waals surface area contributed by atoms with Crippen LogP contribution in [-0.4, -0.2) is 53.2 Å². The van der Waals surface area contributed by atoms with Gasteiger partial charge in [-0.3, -0.25) is 9.48 Å². The van der Waals surface area contributed by atoms with Crippen molar-refractivity contribution in [2.75, 3.05) is 20.6 Å². The Hall–Kier alpha value is -1.32. The fourth-order valence-electron chi connectivity index (χ4n) is 4.17. The third-order valence-corrected chi connectivity index (χ3v) is 6.10. The zero-order valence-electron chi connectivity index (χ0n) is 18.1. The highest BCUT2D eigenvalue weighted by atomic mass is 127. The molecule has 164 valence electrons. The van der Waals surface area contributed by atoms with Crippen LogP contribution < -0.4 is 10.6 Å². The number of rotatable bonds is 6. The molecule has 2 N–H and O–H groups in total. The van der Waals surface area contributed by atoms with Crippen molar-refractivity contribution in [2.24, 2.45) is 10.9 Å². The summed E-state index contributed by atoms with van der Waals surface area (Å²) in [6.07, 6.45) is 12.1. The van der Waals surface area contributed by atoms with Crippen LogP contribution in [0.5, 0.6) is 0 Å². The molecule has 29 heavy (non-hydrogen) atoms. The lowest BCUT2D eigenvalue weighted by Crippen LogP contribution is -2.49. The molecule has 0 aliphatic heterocycles. The van der Waals surface area contributed by atoms with Gasteiger partial charge >= 0.3 is 0 Å². The number of aromatic nitrogens is 2. The van der Waals surface area contributed by atoms with Gasteiger partial charge in [0.25, 0.3) is 0 Å². The summed E-state index contributed by atoms with van der Waals surface area (Å²) in [5.41, 5.74) is 0.976. The van der Waals surface area contributed by atoms with Crippen molar-refractivity contribution in [1.29, 1.82) is 0 Å².